The Bertz CT molecular complexity index is 396. The van der Waals surface area contributed by atoms with E-state index < -0.39 is 0 Å². The lowest BCUT2D eigenvalue weighted by molar-refractivity contribution is 0.128. The molecule has 1 aromatic rings. The quantitative estimate of drug-likeness (QED) is 0.818. The highest BCUT2D eigenvalue weighted by molar-refractivity contribution is 7.71. The third-order valence-corrected chi connectivity index (χ3v) is 3.26. The maximum Gasteiger partial charge on any atom is 0.134 e. The fraction of sp³-hybridized carbons (Fsp3) is 0.667. The van der Waals surface area contributed by atoms with Gasteiger partial charge in [-0.05, 0) is 31.7 Å². The van der Waals surface area contributed by atoms with Gasteiger partial charge >= 0.3 is 0 Å². The minimum Gasteiger partial charge on any atom is -0.374 e. The lowest BCUT2D eigenvalue weighted by atomic mass is 10.0. The van der Waals surface area contributed by atoms with Crippen LogP contribution in [0.3, 0.4) is 0 Å². The second kappa shape index (κ2) is 5.55. The summed E-state index contributed by atoms with van der Waals surface area (Å²) in [4.78, 5) is 7.64. The van der Waals surface area contributed by atoms with Gasteiger partial charge in [-0.3, -0.25) is 0 Å². The number of H-pyrrole nitrogens is 1. The molecule has 1 aliphatic carbocycles. The van der Waals surface area contributed by atoms with E-state index in [0.717, 1.165) is 5.82 Å². The summed E-state index contributed by atoms with van der Waals surface area (Å²) in [6, 6.07) is 2.00. The molecule has 1 aromatic heterocycles. The molecule has 2 rings (SSSR count). The fourth-order valence-corrected chi connectivity index (χ4v) is 2.49. The average molecular weight is 238 g/mol. The van der Waals surface area contributed by atoms with Gasteiger partial charge in [0.1, 0.15) is 17.1 Å². The molecule has 0 bridgehead atoms. The zero-order valence-electron chi connectivity index (χ0n) is 9.66. The monoisotopic (exact) mass is 238 g/mol. The van der Waals surface area contributed by atoms with E-state index in [9.17, 15) is 0 Å². The number of hydrogen-bond acceptors (Lipinski definition) is 3. The van der Waals surface area contributed by atoms with Crippen LogP contribution in [0.2, 0.25) is 0 Å². The standard InChI is InChI=1S/C12H18N2OS/c1-2-15-8-11-13-10(7-12(16)14-11)9-5-3-4-6-9/h7,9H,2-6,8H2,1H3,(H,13,14,16). The highest BCUT2D eigenvalue weighted by Crippen LogP contribution is 2.32. The minimum atomic E-state index is 0.528. The average Bonchev–Trinajstić information content (AvgIpc) is 2.79. The van der Waals surface area contributed by atoms with E-state index in [1.807, 2.05) is 13.0 Å². The molecule has 0 saturated heterocycles. The predicted molar refractivity (Wildman–Crippen MR) is 66.0 cm³/mol. The first-order chi connectivity index (χ1) is 7.79. The smallest absolute Gasteiger partial charge is 0.134 e. The van der Waals surface area contributed by atoms with Crippen molar-refractivity contribution in [1.29, 1.82) is 0 Å². The second-order valence-corrected chi connectivity index (χ2v) is 4.66. The van der Waals surface area contributed by atoms with Gasteiger partial charge in [-0.2, -0.15) is 0 Å². The summed E-state index contributed by atoms with van der Waals surface area (Å²) in [6.07, 6.45) is 5.19. The van der Waals surface area contributed by atoms with Crippen LogP contribution in [0.5, 0.6) is 0 Å². The van der Waals surface area contributed by atoms with Crippen LogP contribution in [0.4, 0.5) is 0 Å². The summed E-state index contributed by atoms with van der Waals surface area (Å²) in [5, 5.41) is 0. The van der Waals surface area contributed by atoms with Gasteiger partial charge in [0, 0.05) is 12.3 Å². The summed E-state index contributed by atoms with van der Waals surface area (Å²) in [7, 11) is 0. The van der Waals surface area contributed by atoms with Crippen molar-refractivity contribution < 1.29 is 4.74 Å². The zero-order valence-corrected chi connectivity index (χ0v) is 10.5. The molecule has 0 amide bonds. The van der Waals surface area contributed by atoms with Crippen LogP contribution in [-0.2, 0) is 11.3 Å². The first kappa shape index (κ1) is 11.7. The molecular formula is C12H18N2OS. The molecule has 4 heteroatoms. The number of nitrogens with one attached hydrogen (secondary N) is 1. The van der Waals surface area contributed by atoms with E-state index in [1.54, 1.807) is 0 Å². The molecule has 3 nitrogen and oxygen atoms in total. The van der Waals surface area contributed by atoms with Crippen molar-refractivity contribution in [2.24, 2.45) is 0 Å². The number of nitrogens with zero attached hydrogens (tertiary/aromatic N) is 1. The minimum absolute atomic E-state index is 0.528. The van der Waals surface area contributed by atoms with E-state index in [1.165, 1.54) is 31.4 Å². The molecule has 0 atom stereocenters. The summed E-state index contributed by atoms with van der Waals surface area (Å²) in [5.74, 6) is 1.50. The third kappa shape index (κ3) is 2.89. The predicted octanol–water partition coefficient (Wildman–Crippen LogP) is 3.33. The Morgan fingerprint density at radius 1 is 1.50 bits per heavy atom. The Kier molecular flexibility index (Phi) is 4.07. The maximum absolute atomic E-state index is 5.35. The summed E-state index contributed by atoms with van der Waals surface area (Å²) in [5.41, 5.74) is 1.24. The second-order valence-electron chi connectivity index (χ2n) is 4.24. The molecule has 1 aliphatic rings. The van der Waals surface area contributed by atoms with Crippen LogP contribution in [0.15, 0.2) is 6.07 Å². The number of ether oxygens (including phenoxy) is 1. The molecule has 1 fully saturated rings. The molecule has 0 aromatic carbocycles. The molecular weight excluding hydrogens is 220 g/mol. The van der Waals surface area contributed by atoms with E-state index in [4.69, 9.17) is 17.0 Å². The van der Waals surface area contributed by atoms with Gasteiger partial charge in [-0.1, -0.05) is 25.1 Å². The van der Waals surface area contributed by atoms with E-state index in [-0.39, 0.29) is 0 Å². The molecule has 1 N–H and O–H groups in total. The largest absolute Gasteiger partial charge is 0.374 e. The number of aromatic amines is 1. The van der Waals surface area contributed by atoms with Gasteiger partial charge < -0.3 is 9.72 Å². The van der Waals surface area contributed by atoms with Crippen LogP contribution in [-0.4, -0.2) is 16.6 Å². The van der Waals surface area contributed by atoms with E-state index in [2.05, 4.69) is 9.97 Å². The topological polar surface area (TPSA) is 37.9 Å². The summed E-state index contributed by atoms with van der Waals surface area (Å²) < 4.78 is 6.03. The number of aromatic nitrogens is 2. The zero-order chi connectivity index (χ0) is 11.4. The molecule has 0 unspecified atom stereocenters. The van der Waals surface area contributed by atoms with Crippen molar-refractivity contribution in [3.8, 4) is 0 Å². The molecule has 88 valence electrons. The van der Waals surface area contributed by atoms with Gasteiger partial charge in [-0.15, -0.1) is 0 Å². The highest BCUT2D eigenvalue weighted by atomic mass is 32.1. The van der Waals surface area contributed by atoms with Gasteiger partial charge in [0.15, 0.2) is 0 Å². The Labute approximate surface area is 101 Å². The SMILES string of the molecule is CCOCc1nc(=S)cc(C2CCCC2)[nH]1. The first-order valence-electron chi connectivity index (χ1n) is 5.97. The van der Waals surface area contributed by atoms with Gasteiger partial charge in [0.05, 0.1) is 0 Å². The normalized spacial score (nSPS) is 16.8. The van der Waals surface area contributed by atoms with Crippen LogP contribution < -0.4 is 0 Å². The Hall–Kier alpha value is -0.740. The van der Waals surface area contributed by atoms with Crippen molar-refractivity contribution in [1.82, 2.24) is 9.97 Å². The van der Waals surface area contributed by atoms with Crippen molar-refractivity contribution in [2.75, 3.05) is 6.61 Å². The van der Waals surface area contributed by atoms with Crippen molar-refractivity contribution in [3.63, 3.8) is 0 Å². The van der Waals surface area contributed by atoms with Crippen molar-refractivity contribution >= 4 is 12.2 Å². The molecule has 1 heterocycles. The first-order valence-corrected chi connectivity index (χ1v) is 6.38. The van der Waals surface area contributed by atoms with Crippen LogP contribution in [0.1, 0.15) is 50.0 Å². The summed E-state index contributed by atoms with van der Waals surface area (Å²) >= 11 is 5.19. The van der Waals surface area contributed by atoms with Gasteiger partial charge in [0.2, 0.25) is 0 Å². The van der Waals surface area contributed by atoms with Crippen molar-refractivity contribution in [2.45, 2.75) is 45.1 Å². The molecule has 0 radical (unpaired) electrons. The van der Waals surface area contributed by atoms with Crippen molar-refractivity contribution in [3.05, 3.63) is 22.2 Å². The van der Waals surface area contributed by atoms with E-state index in [0.29, 0.717) is 23.8 Å². The summed E-state index contributed by atoms with van der Waals surface area (Å²) in [6.45, 7) is 3.21. The van der Waals surface area contributed by atoms with Gasteiger partial charge in [-0.25, -0.2) is 4.98 Å². The molecule has 0 aliphatic heterocycles. The lowest BCUT2D eigenvalue weighted by Gasteiger charge is -2.11. The fourth-order valence-electron chi connectivity index (χ4n) is 2.25. The number of hydrogen-bond donors (Lipinski definition) is 1. The molecule has 1 saturated carbocycles. The Morgan fingerprint density at radius 2 is 2.25 bits per heavy atom. The van der Waals surface area contributed by atoms with Crippen LogP contribution in [0, 0.1) is 4.64 Å². The van der Waals surface area contributed by atoms with E-state index >= 15 is 0 Å². The Balaban J connectivity index is 2.17. The molecule has 0 spiro atoms. The third-order valence-electron chi connectivity index (χ3n) is 3.05. The molecule has 16 heavy (non-hydrogen) atoms. The van der Waals surface area contributed by atoms with Crippen LogP contribution >= 0.6 is 12.2 Å². The highest BCUT2D eigenvalue weighted by Gasteiger charge is 2.18. The Morgan fingerprint density at radius 3 is 2.94 bits per heavy atom. The maximum atomic E-state index is 5.35. The lowest BCUT2D eigenvalue weighted by Crippen LogP contribution is -2.04. The van der Waals surface area contributed by atoms with Crippen LogP contribution in [0.25, 0.3) is 0 Å². The number of rotatable bonds is 4. The van der Waals surface area contributed by atoms with Gasteiger partial charge in [0.25, 0.3) is 0 Å².